The molecule has 0 saturated heterocycles. The molecule has 0 saturated carbocycles. The van der Waals surface area contributed by atoms with Crippen molar-refractivity contribution >= 4 is 0 Å². The van der Waals surface area contributed by atoms with Gasteiger partial charge in [0.05, 0.1) is 7.11 Å². The number of hydrogen-bond acceptors (Lipinski definition) is 3. The Balaban J connectivity index is 1.64. The summed E-state index contributed by atoms with van der Waals surface area (Å²) in [6.45, 7) is 0.791. The topological polar surface area (TPSA) is 33.3 Å². The van der Waals surface area contributed by atoms with Gasteiger partial charge in [-0.3, -0.25) is 10.9 Å². The highest BCUT2D eigenvalue weighted by atomic mass is 16.5. The molecule has 3 rings (SSSR count). The number of benzene rings is 3. The average molecular weight is 346 g/mol. The molecule has 2 N–H and O–H groups in total. The van der Waals surface area contributed by atoms with Crippen LogP contribution in [0.2, 0.25) is 0 Å². The summed E-state index contributed by atoms with van der Waals surface area (Å²) in [7, 11) is 1.73. The minimum atomic E-state index is 0.227. The molecule has 0 aliphatic rings. The second-order valence-corrected chi connectivity index (χ2v) is 6.30. The highest BCUT2D eigenvalue weighted by Gasteiger charge is 2.12. The predicted molar refractivity (Wildman–Crippen MR) is 107 cm³/mol. The molecule has 1 atom stereocenters. The summed E-state index contributed by atoms with van der Waals surface area (Å²) in [4.78, 5) is 0. The Hall–Kier alpha value is -2.62. The largest absolute Gasteiger partial charge is 0.496 e. The minimum Gasteiger partial charge on any atom is -0.496 e. The lowest BCUT2D eigenvalue weighted by Crippen LogP contribution is -2.35. The van der Waals surface area contributed by atoms with Crippen molar-refractivity contribution in [3.63, 3.8) is 0 Å². The fourth-order valence-corrected chi connectivity index (χ4v) is 3.09. The van der Waals surface area contributed by atoms with E-state index in [1.807, 2.05) is 18.2 Å². The maximum absolute atomic E-state index is 5.49. The summed E-state index contributed by atoms with van der Waals surface area (Å²) in [5, 5.41) is 0. The van der Waals surface area contributed by atoms with Crippen LogP contribution in [-0.2, 0) is 13.0 Å². The zero-order valence-electron chi connectivity index (χ0n) is 15.2. The molecule has 0 fully saturated rings. The van der Waals surface area contributed by atoms with E-state index in [1.165, 1.54) is 16.7 Å². The molecule has 0 amide bonds. The van der Waals surface area contributed by atoms with Crippen LogP contribution in [0.4, 0.5) is 0 Å². The lowest BCUT2D eigenvalue weighted by Gasteiger charge is -2.20. The Bertz CT molecular complexity index is 774. The first-order valence-electron chi connectivity index (χ1n) is 9.06. The van der Waals surface area contributed by atoms with Gasteiger partial charge in [-0.15, -0.1) is 0 Å². The lowest BCUT2D eigenvalue weighted by molar-refractivity contribution is 0.397. The number of methoxy groups -OCH3 is 1. The van der Waals surface area contributed by atoms with E-state index < -0.39 is 0 Å². The van der Waals surface area contributed by atoms with Crippen LogP contribution in [0.3, 0.4) is 0 Å². The molecule has 3 heteroatoms. The summed E-state index contributed by atoms with van der Waals surface area (Å²) < 4.78 is 5.49. The molecule has 1 unspecified atom stereocenters. The molecule has 3 aromatic carbocycles. The van der Waals surface area contributed by atoms with Crippen molar-refractivity contribution in [1.29, 1.82) is 0 Å². The number of aryl methyl sites for hydroxylation is 1. The smallest absolute Gasteiger partial charge is 0.122 e. The number of para-hydroxylation sites is 1. The van der Waals surface area contributed by atoms with Crippen LogP contribution >= 0.6 is 0 Å². The Morgan fingerprint density at radius 1 is 0.808 bits per heavy atom. The number of hydrogen-bond donors (Lipinski definition) is 2. The normalized spacial score (nSPS) is 11.9. The van der Waals surface area contributed by atoms with Gasteiger partial charge in [0.1, 0.15) is 5.75 Å². The van der Waals surface area contributed by atoms with Crippen molar-refractivity contribution in [2.45, 2.75) is 25.4 Å². The monoisotopic (exact) mass is 346 g/mol. The molecule has 26 heavy (non-hydrogen) atoms. The molecular formula is C23H26N2O. The number of nitrogens with one attached hydrogen (secondary N) is 2. The van der Waals surface area contributed by atoms with Gasteiger partial charge in [-0.25, -0.2) is 0 Å². The highest BCUT2D eigenvalue weighted by Crippen LogP contribution is 2.23. The number of rotatable bonds is 9. The second-order valence-electron chi connectivity index (χ2n) is 6.30. The fraction of sp³-hybridized carbons (Fsp3) is 0.217. The predicted octanol–water partition coefficient (Wildman–Crippen LogP) is 4.66. The summed E-state index contributed by atoms with van der Waals surface area (Å²) in [6, 6.07) is 29.4. The average Bonchev–Trinajstić information content (AvgIpc) is 2.72. The fourth-order valence-electron chi connectivity index (χ4n) is 3.09. The Labute approximate surface area is 156 Å². The number of hydrazine groups is 1. The molecule has 134 valence electrons. The molecule has 0 aliphatic heterocycles. The van der Waals surface area contributed by atoms with Crippen LogP contribution in [-0.4, -0.2) is 7.11 Å². The van der Waals surface area contributed by atoms with Crippen LogP contribution in [0.15, 0.2) is 84.9 Å². The van der Waals surface area contributed by atoms with Crippen LogP contribution in [0.25, 0.3) is 0 Å². The first-order chi connectivity index (χ1) is 12.9. The molecule has 0 heterocycles. The van der Waals surface area contributed by atoms with E-state index in [0.717, 1.165) is 25.1 Å². The Morgan fingerprint density at radius 3 is 2.19 bits per heavy atom. The maximum Gasteiger partial charge on any atom is 0.122 e. The lowest BCUT2D eigenvalue weighted by atomic mass is 9.99. The van der Waals surface area contributed by atoms with Crippen LogP contribution in [0.1, 0.15) is 29.2 Å². The van der Waals surface area contributed by atoms with Gasteiger partial charge in [-0.05, 0) is 35.6 Å². The van der Waals surface area contributed by atoms with E-state index in [2.05, 4.69) is 77.6 Å². The van der Waals surface area contributed by atoms with Crippen molar-refractivity contribution in [1.82, 2.24) is 10.9 Å². The van der Waals surface area contributed by atoms with Gasteiger partial charge in [0.2, 0.25) is 0 Å². The van der Waals surface area contributed by atoms with Crippen LogP contribution < -0.4 is 15.6 Å². The molecule has 0 spiro atoms. The minimum absolute atomic E-state index is 0.227. The zero-order valence-corrected chi connectivity index (χ0v) is 15.2. The highest BCUT2D eigenvalue weighted by molar-refractivity contribution is 5.33. The molecule has 0 aromatic heterocycles. The van der Waals surface area contributed by atoms with Crippen molar-refractivity contribution in [3.05, 3.63) is 102 Å². The second kappa shape index (κ2) is 9.76. The van der Waals surface area contributed by atoms with Gasteiger partial charge in [0.25, 0.3) is 0 Å². The molecule has 0 aliphatic carbocycles. The summed E-state index contributed by atoms with van der Waals surface area (Å²) in [6.07, 6.45) is 1.93. The van der Waals surface area contributed by atoms with Gasteiger partial charge in [-0.2, -0.15) is 0 Å². The van der Waals surface area contributed by atoms with Gasteiger partial charge in [-0.1, -0.05) is 78.9 Å². The van der Waals surface area contributed by atoms with Crippen molar-refractivity contribution in [3.8, 4) is 5.75 Å². The van der Waals surface area contributed by atoms with Gasteiger partial charge in [0, 0.05) is 12.6 Å². The molecule has 3 aromatic rings. The van der Waals surface area contributed by atoms with Gasteiger partial charge in [0.15, 0.2) is 0 Å². The molecular weight excluding hydrogens is 320 g/mol. The molecule has 3 nitrogen and oxygen atoms in total. The van der Waals surface area contributed by atoms with E-state index >= 15 is 0 Å². The maximum atomic E-state index is 5.49. The van der Waals surface area contributed by atoms with E-state index in [9.17, 15) is 0 Å². The van der Waals surface area contributed by atoms with Crippen LogP contribution in [0.5, 0.6) is 5.75 Å². The van der Waals surface area contributed by atoms with E-state index in [4.69, 9.17) is 4.74 Å². The van der Waals surface area contributed by atoms with Crippen molar-refractivity contribution < 1.29 is 4.74 Å². The first kappa shape index (κ1) is 18.2. The van der Waals surface area contributed by atoms with E-state index in [1.54, 1.807) is 7.11 Å². The zero-order chi connectivity index (χ0) is 18.0. The Kier molecular flexibility index (Phi) is 6.82. The van der Waals surface area contributed by atoms with Gasteiger partial charge >= 0.3 is 0 Å². The van der Waals surface area contributed by atoms with E-state index in [-0.39, 0.29) is 6.04 Å². The first-order valence-corrected chi connectivity index (χ1v) is 9.06. The third-order valence-electron chi connectivity index (χ3n) is 4.51. The SMILES string of the molecule is COc1ccccc1CCC(NNCc1ccccc1)c1ccccc1. The van der Waals surface area contributed by atoms with E-state index in [0.29, 0.717) is 0 Å². The summed E-state index contributed by atoms with van der Waals surface area (Å²) in [5.41, 5.74) is 10.7. The Morgan fingerprint density at radius 2 is 1.46 bits per heavy atom. The third kappa shape index (κ3) is 5.19. The van der Waals surface area contributed by atoms with Crippen LogP contribution in [0, 0.1) is 0 Å². The quantitative estimate of drug-likeness (QED) is 0.553. The van der Waals surface area contributed by atoms with Crippen molar-refractivity contribution in [2.24, 2.45) is 0 Å². The molecule has 0 bridgehead atoms. The molecule has 0 radical (unpaired) electrons. The standard InChI is InChI=1S/C23H26N2O/c1-26-23-15-9-8-14-21(23)16-17-22(20-12-6-3-7-13-20)25-24-18-19-10-4-2-5-11-19/h2-15,22,24-25H,16-18H2,1H3. The third-order valence-corrected chi connectivity index (χ3v) is 4.51. The summed E-state index contributed by atoms with van der Waals surface area (Å²) >= 11 is 0. The van der Waals surface area contributed by atoms with Crippen molar-refractivity contribution in [2.75, 3.05) is 7.11 Å². The summed E-state index contributed by atoms with van der Waals surface area (Å²) in [5.74, 6) is 0.955. The number of ether oxygens (including phenoxy) is 1. The van der Waals surface area contributed by atoms with Gasteiger partial charge < -0.3 is 4.74 Å².